The van der Waals surface area contributed by atoms with Gasteiger partial charge in [-0.25, -0.2) is 17.5 Å². The minimum absolute atomic E-state index is 0.0139. The van der Waals surface area contributed by atoms with Gasteiger partial charge in [0, 0.05) is 31.3 Å². The lowest BCUT2D eigenvalue weighted by atomic mass is 10.1. The highest BCUT2D eigenvalue weighted by atomic mass is 32.2. The molecule has 0 radical (unpaired) electrons. The van der Waals surface area contributed by atoms with E-state index in [1.54, 1.807) is 32.4 Å². The molecule has 10 heteroatoms. The SMILES string of the molecule is Cc1cc(NC(=O)c2c3c(cn2C)S(=O)(=O)N[C@@H](Cc2cccnc2)CO3)ccc1F. The highest BCUT2D eigenvalue weighted by Crippen LogP contribution is 2.33. The molecule has 0 aliphatic carbocycles. The van der Waals surface area contributed by atoms with Gasteiger partial charge in [0.1, 0.15) is 17.3 Å². The van der Waals surface area contributed by atoms with E-state index in [1.807, 2.05) is 6.07 Å². The molecule has 31 heavy (non-hydrogen) atoms. The number of amides is 1. The van der Waals surface area contributed by atoms with Gasteiger partial charge in [0.05, 0.1) is 6.04 Å². The summed E-state index contributed by atoms with van der Waals surface area (Å²) >= 11 is 0. The molecule has 3 heterocycles. The Morgan fingerprint density at radius 3 is 2.90 bits per heavy atom. The number of carbonyl (C=O) groups is 1. The maximum atomic E-state index is 13.5. The van der Waals surface area contributed by atoms with Crippen LogP contribution in [-0.4, -0.2) is 36.5 Å². The summed E-state index contributed by atoms with van der Waals surface area (Å²) in [4.78, 5) is 16.9. The van der Waals surface area contributed by atoms with Crippen LogP contribution in [0, 0.1) is 12.7 Å². The smallest absolute Gasteiger partial charge is 0.276 e. The van der Waals surface area contributed by atoms with Crippen molar-refractivity contribution in [2.24, 2.45) is 7.05 Å². The largest absolute Gasteiger partial charge is 0.488 e. The molecular formula is C21H21FN4O4S. The number of anilines is 1. The van der Waals surface area contributed by atoms with E-state index in [-0.39, 0.29) is 28.8 Å². The number of benzene rings is 1. The normalized spacial score (nSPS) is 17.3. The number of rotatable bonds is 4. The molecule has 2 aromatic heterocycles. The molecule has 0 bridgehead atoms. The zero-order valence-electron chi connectivity index (χ0n) is 16.9. The Bertz CT molecular complexity index is 1240. The average molecular weight is 444 g/mol. The first-order valence-electron chi connectivity index (χ1n) is 9.55. The molecule has 2 N–H and O–H groups in total. The predicted molar refractivity (Wildman–Crippen MR) is 112 cm³/mol. The van der Waals surface area contributed by atoms with Crippen molar-refractivity contribution in [3.05, 3.63) is 71.6 Å². The van der Waals surface area contributed by atoms with Crippen LogP contribution in [0.3, 0.4) is 0 Å². The van der Waals surface area contributed by atoms with Gasteiger partial charge in [0.15, 0.2) is 11.4 Å². The van der Waals surface area contributed by atoms with Gasteiger partial charge in [-0.1, -0.05) is 6.07 Å². The van der Waals surface area contributed by atoms with Crippen LogP contribution in [0.25, 0.3) is 0 Å². The fourth-order valence-corrected chi connectivity index (χ4v) is 4.90. The zero-order chi connectivity index (χ0) is 22.2. The molecule has 3 aromatic rings. The van der Waals surface area contributed by atoms with Gasteiger partial charge in [0.2, 0.25) is 10.0 Å². The molecule has 1 amide bonds. The molecule has 0 spiro atoms. The third kappa shape index (κ3) is 4.30. The Balaban J connectivity index is 1.62. The van der Waals surface area contributed by atoms with Crippen LogP contribution < -0.4 is 14.8 Å². The van der Waals surface area contributed by atoms with E-state index in [1.165, 1.54) is 29.0 Å². The summed E-state index contributed by atoms with van der Waals surface area (Å²) in [6.07, 6.45) is 5.03. The summed E-state index contributed by atoms with van der Waals surface area (Å²) in [5, 5.41) is 2.67. The van der Waals surface area contributed by atoms with E-state index < -0.39 is 22.0 Å². The number of aromatic nitrogens is 2. The van der Waals surface area contributed by atoms with Gasteiger partial charge < -0.3 is 14.6 Å². The van der Waals surface area contributed by atoms with Crippen LogP contribution in [0.1, 0.15) is 21.6 Å². The first-order valence-corrected chi connectivity index (χ1v) is 11.0. The van der Waals surface area contributed by atoms with E-state index in [2.05, 4.69) is 15.0 Å². The average Bonchev–Trinajstić information content (AvgIpc) is 3.01. The van der Waals surface area contributed by atoms with Crippen LogP contribution in [0.4, 0.5) is 10.1 Å². The molecular weight excluding hydrogens is 423 g/mol. The number of nitrogens with zero attached hydrogens (tertiary/aromatic N) is 2. The van der Waals surface area contributed by atoms with Gasteiger partial charge in [-0.05, 0) is 48.7 Å². The molecule has 1 aliphatic heterocycles. The summed E-state index contributed by atoms with van der Waals surface area (Å²) < 4.78 is 49.2. The highest BCUT2D eigenvalue weighted by molar-refractivity contribution is 7.89. The van der Waals surface area contributed by atoms with Crippen molar-refractivity contribution in [2.75, 3.05) is 11.9 Å². The van der Waals surface area contributed by atoms with E-state index in [0.29, 0.717) is 17.7 Å². The van der Waals surface area contributed by atoms with E-state index >= 15 is 0 Å². The summed E-state index contributed by atoms with van der Waals surface area (Å²) in [6.45, 7) is 1.63. The second-order valence-corrected chi connectivity index (χ2v) is 9.08. The number of ether oxygens (including phenoxy) is 1. The van der Waals surface area contributed by atoms with Crippen LogP contribution in [0.5, 0.6) is 5.75 Å². The number of pyridine rings is 1. The van der Waals surface area contributed by atoms with Crippen molar-refractivity contribution in [1.82, 2.24) is 14.3 Å². The van der Waals surface area contributed by atoms with Crippen LogP contribution in [0.2, 0.25) is 0 Å². The molecule has 1 aromatic carbocycles. The quantitative estimate of drug-likeness (QED) is 0.643. The van der Waals surface area contributed by atoms with Crippen molar-refractivity contribution in [3.8, 4) is 5.75 Å². The number of fused-ring (bicyclic) bond motifs is 1. The number of hydrogen-bond acceptors (Lipinski definition) is 5. The van der Waals surface area contributed by atoms with Gasteiger partial charge in [0.25, 0.3) is 5.91 Å². The third-order valence-electron chi connectivity index (χ3n) is 4.98. The Kier molecular flexibility index (Phi) is 5.50. The summed E-state index contributed by atoms with van der Waals surface area (Å²) in [7, 11) is -2.35. The molecule has 1 atom stereocenters. The minimum Gasteiger partial charge on any atom is -0.488 e. The zero-order valence-corrected chi connectivity index (χ0v) is 17.7. The second kappa shape index (κ2) is 8.12. The number of halogens is 1. The molecule has 8 nitrogen and oxygen atoms in total. The number of carbonyl (C=O) groups excluding carboxylic acids is 1. The third-order valence-corrected chi connectivity index (χ3v) is 6.49. The monoisotopic (exact) mass is 444 g/mol. The number of aryl methyl sites for hydroxylation is 2. The summed E-state index contributed by atoms with van der Waals surface area (Å²) in [6, 6.07) is 7.29. The van der Waals surface area contributed by atoms with Crippen LogP contribution >= 0.6 is 0 Å². The summed E-state index contributed by atoms with van der Waals surface area (Å²) in [5.74, 6) is -0.957. The van der Waals surface area contributed by atoms with E-state index in [0.717, 1.165) is 5.56 Å². The summed E-state index contributed by atoms with van der Waals surface area (Å²) in [5.41, 5.74) is 1.69. The first kappa shape index (κ1) is 21.0. The molecule has 0 fully saturated rings. The van der Waals surface area contributed by atoms with Gasteiger partial charge in [-0.15, -0.1) is 0 Å². The maximum absolute atomic E-state index is 13.5. The predicted octanol–water partition coefficient (Wildman–Crippen LogP) is 2.40. The highest BCUT2D eigenvalue weighted by Gasteiger charge is 2.34. The molecule has 4 rings (SSSR count). The van der Waals surface area contributed by atoms with Gasteiger partial charge >= 0.3 is 0 Å². The molecule has 1 aliphatic rings. The number of hydrogen-bond donors (Lipinski definition) is 2. The van der Waals surface area contributed by atoms with Crippen molar-refractivity contribution in [3.63, 3.8) is 0 Å². The molecule has 0 unspecified atom stereocenters. The maximum Gasteiger partial charge on any atom is 0.276 e. The lowest BCUT2D eigenvalue weighted by molar-refractivity contribution is 0.101. The van der Waals surface area contributed by atoms with Crippen molar-refractivity contribution < 1.29 is 22.3 Å². The lowest BCUT2D eigenvalue weighted by Gasteiger charge is -2.15. The van der Waals surface area contributed by atoms with Gasteiger partial charge in [-0.2, -0.15) is 0 Å². The topological polar surface area (TPSA) is 102 Å². The minimum atomic E-state index is -3.91. The molecule has 0 saturated heterocycles. The van der Waals surface area contributed by atoms with Crippen LogP contribution in [-0.2, 0) is 23.5 Å². The Labute approximate surface area is 179 Å². The van der Waals surface area contributed by atoms with E-state index in [9.17, 15) is 17.6 Å². The molecule has 162 valence electrons. The van der Waals surface area contributed by atoms with Crippen molar-refractivity contribution in [1.29, 1.82) is 0 Å². The Morgan fingerprint density at radius 2 is 2.19 bits per heavy atom. The second-order valence-electron chi connectivity index (χ2n) is 7.39. The lowest BCUT2D eigenvalue weighted by Crippen LogP contribution is -2.38. The van der Waals surface area contributed by atoms with Crippen molar-refractivity contribution in [2.45, 2.75) is 24.3 Å². The first-order chi connectivity index (χ1) is 14.7. The number of nitrogens with one attached hydrogen (secondary N) is 2. The molecule has 0 saturated carbocycles. The fraction of sp³-hybridized carbons (Fsp3) is 0.238. The number of sulfonamides is 1. The van der Waals surface area contributed by atoms with Gasteiger partial charge in [-0.3, -0.25) is 9.78 Å². The standard InChI is InChI=1S/C21H21FN4O4S/c1-13-8-15(5-6-17(13)22)24-21(27)19-20-18(11-26(19)2)31(28,29)25-16(12-30-20)9-14-4-3-7-23-10-14/h3-8,10-11,16,25H,9,12H2,1-2H3,(H,24,27)/t16-/m0/s1. The van der Waals surface area contributed by atoms with Crippen LogP contribution in [0.15, 0.2) is 53.8 Å². The Morgan fingerprint density at radius 1 is 1.39 bits per heavy atom. The fourth-order valence-electron chi connectivity index (χ4n) is 3.49. The van der Waals surface area contributed by atoms with E-state index in [4.69, 9.17) is 4.74 Å². The van der Waals surface area contributed by atoms with Crippen molar-refractivity contribution >= 4 is 21.6 Å². The Hall–Kier alpha value is -3.24.